The first-order chi connectivity index (χ1) is 10.2. The van der Waals surface area contributed by atoms with Crippen LogP contribution < -0.4 is 5.32 Å². The van der Waals surface area contributed by atoms with Crippen LogP contribution in [0.1, 0.15) is 51.0 Å². The van der Waals surface area contributed by atoms with Gasteiger partial charge in [-0.05, 0) is 62.0 Å². The van der Waals surface area contributed by atoms with E-state index in [1.807, 2.05) is 12.4 Å². The molecule has 0 unspecified atom stereocenters. The molecule has 21 heavy (non-hydrogen) atoms. The predicted molar refractivity (Wildman–Crippen MR) is 86.2 cm³/mol. The van der Waals surface area contributed by atoms with Gasteiger partial charge in [0, 0.05) is 30.0 Å². The lowest BCUT2D eigenvalue weighted by Gasteiger charge is -2.57. The van der Waals surface area contributed by atoms with Crippen LogP contribution in [-0.2, 0) is 6.54 Å². The molecular weight excluding hydrogens is 278 g/mol. The molecular formula is C17H25N3S. The van der Waals surface area contributed by atoms with E-state index in [0.717, 1.165) is 35.2 Å². The van der Waals surface area contributed by atoms with E-state index in [1.165, 1.54) is 44.1 Å². The summed E-state index contributed by atoms with van der Waals surface area (Å²) in [4.78, 5) is 8.89. The lowest BCUT2D eigenvalue weighted by Crippen LogP contribution is -2.58. The van der Waals surface area contributed by atoms with Crippen molar-refractivity contribution in [2.45, 2.75) is 62.7 Å². The van der Waals surface area contributed by atoms with E-state index < -0.39 is 0 Å². The lowest BCUT2D eigenvalue weighted by molar-refractivity contribution is -0.0206. The van der Waals surface area contributed by atoms with Gasteiger partial charge in [-0.1, -0.05) is 18.7 Å². The van der Waals surface area contributed by atoms with Crippen LogP contribution in [0.4, 0.5) is 0 Å². The van der Waals surface area contributed by atoms with Crippen LogP contribution in [-0.4, -0.2) is 21.3 Å². The van der Waals surface area contributed by atoms with Crippen LogP contribution in [0.15, 0.2) is 17.6 Å². The van der Waals surface area contributed by atoms with Crippen LogP contribution >= 0.6 is 11.8 Å². The highest BCUT2D eigenvalue weighted by atomic mass is 32.2. The van der Waals surface area contributed by atoms with E-state index in [0.29, 0.717) is 5.54 Å². The van der Waals surface area contributed by atoms with E-state index in [-0.39, 0.29) is 0 Å². The van der Waals surface area contributed by atoms with Crippen molar-refractivity contribution < 1.29 is 0 Å². The van der Waals surface area contributed by atoms with Crippen LogP contribution in [0.5, 0.6) is 0 Å². The second-order valence-corrected chi connectivity index (χ2v) is 8.59. The summed E-state index contributed by atoms with van der Waals surface area (Å²) in [5, 5.41) is 4.81. The van der Waals surface area contributed by atoms with Gasteiger partial charge in [-0.2, -0.15) is 0 Å². The maximum Gasteiger partial charge on any atom is 0.187 e. The highest BCUT2D eigenvalue weighted by molar-refractivity contribution is 7.99. The molecule has 4 heteroatoms. The summed E-state index contributed by atoms with van der Waals surface area (Å²) < 4.78 is 0. The van der Waals surface area contributed by atoms with Gasteiger partial charge in [0.1, 0.15) is 0 Å². The Labute approximate surface area is 131 Å². The minimum Gasteiger partial charge on any atom is -0.307 e. The van der Waals surface area contributed by atoms with Gasteiger partial charge in [-0.15, -0.1) is 0 Å². The molecule has 1 aromatic heterocycles. The molecule has 4 bridgehead atoms. The van der Waals surface area contributed by atoms with Gasteiger partial charge in [0.25, 0.3) is 0 Å². The van der Waals surface area contributed by atoms with Crippen LogP contribution in [0, 0.1) is 17.8 Å². The first kappa shape index (κ1) is 14.0. The molecule has 0 atom stereocenters. The summed E-state index contributed by atoms with van der Waals surface area (Å²) in [6.07, 6.45) is 12.7. The van der Waals surface area contributed by atoms with Crippen molar-refractivity contribution in [3.8, 4) is 0 Å². The first-order valence-corrected chi connectivity index (χ1v) is 9.42. The Balaban J connectivity index is 1.40. The van der Waals surface area contributed by atoms with Crippen molar-refractivity contribution in [1.82, 2.24) is 15.3 Å². The highest BCUT2D eigenvalue weighted by Gasteiger charge is 2.50. The van der Waals surface area contributed by atoms with E-state index >= 15 is 0 Å². The number of hydrogen-bond acceptors (Lipinski definition) is 4. The van der Waals surface area contributed by atoms with Gasteiger partial charge in [0.2, 0.25) is 0 Å². The molecule has 0 aromatic carbocycles. The van der Waals surface area contributed by atoms with Crippen molar-refractivity contribution in [3.63, 3.8) is 0 Å². The Morgan fingerprint density at radius 3 is 2.19 bits per heavy atom. The molecule has 1 aromatic rings. The third kappa shape index (κ3) is 2.85. The SMILES string of the molecule is CCSc1ncc(CNC23CC4CC(CC(C4)C2)C3)cn1. The van der Waals surface area contributed by atoms with Crippen molar-refractivity contribution in [2.75, 3.05) is 5.75 Å². The summed E-state index contributed by atoms with van der Waals surface area (Å²) in [5.74, 6) is 4.04. The summed E-state index contributed by atoms with van der Waals surface area (Å²) in [6.45, 7) is 3.07. The van der Waals surface area contributed by atoms with Gasteiger partial charge < -0.3 is 5.32 Å². The average molecular weight is 303 g/mol. The molecule has 0 radical (unpaired) electrons. The molecule has 4 aliphatic carbocycles. The molecule has 5 rings (SSSR count). The molecule has 0 saturated heterocycles. The quantitative estimate of drug-likeness (QED) is 0.665. The van der Waals surface area contributed by atoms with Crippen molar-refractivity contribution >= 4 is 11.8 Å². The maximum absolute atomic E-state index is 4.45. The number of hydrogen-bond donors (Lipinski definition) is 1. The second-order valence-electron chi connectivity index (χ2n) is 7.36. The molecule has 0 spiro atoms. The number of aromatic nitrogens is 2. The van der Waals surface area contributed by atoms with Gasteiger partial charge in [0.15, 0.2) is 5.16 Å². The van der Waals surface area contributed by atoms with Gasteiger partial charge in [0.05, 0.1) is 0 Å². The van der Waals surface area contributed by atoms with Crippen molar-refractivity contribution in [3.05, 3.63) is 18.0 Å². The van der Waals surface area contributed by atoms with E-state index in [4.69, 9.17) is 0 Å². The van der Waals surface area contributed by atoms with Gasteiger partial charge in [-0.3, -0.25) is 0 Å². The molecule has 3 nitrogen and oxygen atoms in total. The summed E-state index contributed by atoms with van der Waals surface area (Å²) in [5.41, 5.74) is 1.66. The standard InChI is InChI=1S/C17H25N3S/c1-2-21-16-18-9-15(10-19-16)11-20-17-6-12-3-13(7-17)5-14(4-12)8-17/h9-10,12-14,20H,2-8,11H2,1H3. The molecule has 114 valence electrons. The fourth-order valence-corrected chi connectivity index (χ4v) is 5.77. The topological polar surface area (TPSA) is 37.8 Å². The number of rotatable bonds is 5. The van der Waals surface area contributed by atoms with Crippen molar-refractivity contribution in [2.24, 2.45) is 17.8 Å². The number of nitrogens with zero attached hydrogens (tertiary/aromatic N) is 2. The molecule has 0 aliphatic heterocycles. The zero-order chi connectivity index (χ0) is 14.3. The third-order valence-corrected chi connectivity index (χ3v) is 6.42. The third-order valence-electron chi connectivity index (χ3n) is 5.66. The van der Waals surface area contributed by atoms with Crippen LogP contribution in [0.25, 0.3) is 0 Å². The Bertz CT molecular complexity index is 464. The first-order valence-electron chi connectivity index (χ1n) is 8.43. The minimum atomic E-state index is 0.436. The summed E-state index contributed by atoms with van der Waals surface area (Å²) in [7, 11) is 0. The minimum absolute atomic E-state index is 0.436. The van der Waals surface area contributed by atoms with E-state index in [2.05, 4.69) is 22.2 Å². The van der Waals surface area contributed by atoms with E-state index in [1.54, 1.807) is 11.8 Å². The largest absolute Gasteiger partial charge is 0.307 e. The monoisotopic (exact) mass is 303 g/mol. The Kier molecular flexibility index (Phi) is 3.70. The highest BCUT2D eigenvalue weighted by Crippen LogP contribution is 2.55. The zero-order valence-corrected chi connectivity index (χ0v) is 13.7. The fourth-order valence-electron chi connectivity index (χ4n) is 5.25. The Morgan fingerprint density at radius 1 is 1.10 bits per heavy atom. The average Bonchev–Trinajstić information content (AvgIpc) is 2.46. The molecule has 4 saturated carbocycles. The molecule has 4 aliphatic rings. The fraction of sp³-hybridized carbons (Fsp3) is 0.765. The molecule has 0 amide bonds. The molecule has 1 heterocycles. The number of nitrogens with one attached hydrogen (secondary N) is 1. The van der Waals surface area contributed by atoms with Gasteiger partial charge in [-0.25, -0.2) is 9.97 Å². The second kappa shape index (κ2) is 5.54. The maximum atomic E-state index is 4.45. The van der Waals surface area contributed by atoms with Gasteiger partial charge >= 0.3 is 0 Å². The summed E-state index contributed by atoms with van der Waals surface area (Å²) >= 11 is 1.71. The normalized spacial score (nSPS) is 37.1. The number of thioether (sulfide) groups is 1. The Morgan fingerprint density at radius 2 is 1.67 bits per heavy atom. The van der Waals surface area contributed by atoms with Crippen molar-refractivity contribution in [1.29, 1.82) is 0 Å². The lowest BCUT2D eigenvalue weighted by atomic mass is 9.53. The molecule has 1 N–H and O–H groups in total. The Hall–Kier alpha value is -0.610. The van der Waals surface area contributed by atoms with Crippen LogP contribution in [0.3, 0.4) is 0 Å². The predicted octanol–water partition coefficient (Wildman–Crippen LogP) is 3.65. The zero-order valence-electron chi connectivity index (χ0n) is 12.8. The van der Waals surface area contributed by atoms with E-state index in [9.17, 15) is 0 Å². The summed E-state index contributed by atoms with van der Waals surface area (Å²) in [6, 6.07) is 0. The van der Waals surface area contributed by atoms with Crippen LogP contribution in [0.2, 0.25) is 0 Å². The smallest absolute Gasteiger partial charge is 0.187 e. The molecule has 4 fully saturated rings.